The highest BCUT2D eigenvalue weighted by Gasteiger charge is 2.30. The summed E-state index contributed by atoms with van der Waals surface area (Å²) in [5, 5.41) is 2.84. The number of nitrogens with one attached hydrogen (secondary N) is 1. The number of urea groups is 1. The van der Waals surface area contributed by atoms with E-state index in [1.807, 2.05) is 12.1 Å². The van der Waals surface area contributed by atoms with Crippen LogP contribution in [0.2, 0.25) is 0 Å². The van der Waals surface area contributed by atoms with Crippen LogP contribution in [0.4, 0.5) is 10.5 Å². The van der Waals surface area contributed by atoms with Gasteiger partial charge in [0.05, 0.1) is 23.8 Å². The number of ether oxygens (including phenoxy) is 1. The van der Waals surface area contributed by atoms with Gasteiger partial charge in [0.2, 0.25) is 0 Å². The molecule has 1 saturated heterocycles. The normalized spacial score (nSPS) is 18.2. The van der Waals surface area contributed by atoms with Crippen LogP contribution < -0.4 is 15.8 Å². The highest BCUT2D eigenvalue weighted by Crippen LogP contribution is 2.25. The zero-order chi connectivity index (χ0) is 13.8. The van der Waals surface area contributed by atoms with Gasteiger partial charge in [-0.3, -0.25) is 0 Å². The van der Waals surface area contributed by atoms with Gasteiger partial charge in [0.1, 0.15) is 5.75 Å². The van der Waals surface area contributed by atoms with Crippen LogP contribution in [0, 0.1) is 0 Å². The Kier molecular flexibility index (Phi) is 4.21. The molecule has 0 spiro atoms. The number of anilines is 1. The third-order valence-corrected chi connectivity index (χ3v) is 3.46. The fourth-order valence-corrected chi connectivity index (χ4v) is 2.49. The monoisotopic (exact) mass is 279 g/mol. The van der Waals surface area contributed by atoms with Crippen molar-refractivity contribution >= 4 is 28.9 Å². The molecule has 1 aliphatic heterocycles. The lowest BCUT2D eigenvalue weighted by Gasteiger charge is -2.24. The van der Waals surface area contributed by atoms with E-state index >= 15 is 0 Å². The summed E-state index contributed by atoms with van der Waals surface area (Å²) in [4.78, 5) is 14.3. The van der Waals surface area contributed by atoms with Gasteiger partial charge in [0.25, 0.3) is 0 Å². The van der Waals surface area contributed by atoms with Gasteiger partial charge in [0, 0.05) is 6.54 Å². The number of hydrogen-bond donors (Lipinski definition) is 2. The summed E-state index contributed by atoms with van der Waals surface area (Å²) >= 11 is 5.00. The molecule has 0 radical (unpaired) electrons. The first kappa shape index (κ1) is 13.6. The van der Waals surface area contributed by atoms with E-state index in [0.29, 0.717) is 23.0 Å². The zero-order valence-electron chi connectivity index (χ0n) is 10.8. The predicted octanol–water partition coefficient (Wildman–Crippen LogP) is 1.98. The van der Waals surface area contributed by atoms with Crippen molar-refractivity contribution in [2.24, 2.45) is 5.73 Å². The van der Waals surface area contributed by atoms with Crippen LogP contribution in [0.5, 0.6) is 5.75 Å². The van der Waals surface area contributed by atoms with Crippen molar-refractivity contribution in [1.29, 1.82) is 0 Å². The Morgan fingerprint density at radius 2 is 2.26 bits per heavy atom. The second kappa shape index (κ2) is 5.88. The Labute approximate surface area is 117 Å². The van der Waals surface area contributed by atoms with E-state index in [9.17, 15) is 4.79 Å². The largest absolute Gasteiger partial charge is 0.495 e. The molecule has 1 aliphatic rings. The van der Waals surface area contributed by atoms with Crippen LogP contribution in [0.3, 0.4) is 0 Å². The van der Waals surface area contributed by atoms with Gasteiger partial charge in [-0.15, -0.1) is 0 Å². The lowest BCUT2D eigenvalue weighted by molar-refractivity contribution is 0.216. The Hall–Kier alpha value is -1.82. The van der Waals surface area contributed by atoms with E-state index in [1.54, 1.807) is 24.1 Å². The van der Waals surface area contributed by atoms with Crippen molar-refractivity contribution in [1.82, 2.24) is 4.90 Å². The standard InChI is InChI=1S/C13H17N3O2S/c1-18-11-7-3-2-5-9(11)15-13(17)16-8-4-6-10(16)12(14)19/h2-3,5,7,10H,4,6,8H2,1H3,(H2,14,19)(H,15,17). The van der Waals surface area contributed by atoms with Crippen molar-refractivity contribution in [3.8, 4) is 5.75 Å². The second-order valence-electron chi connectivity index (χ2n) is 4.38. The Morgan fingerprint density at radius 3 is 2.95 bits per heavy atom. The quantitative estimate of drug-likeness (QED) is 0.830. The van der Waals surface area contributed by atoms with Crippen LogP contribution >= 0.6 is 12.2 Å². The number of nitrogens with two attached hydrogens (primary N) is 1. The molecule has 1 unspecified atom stereocenters. The average molecular weight is 279 g/mol. The lowest BCUT2D eigenvalue weighted by Crippen LogP contribution is -2.44. The van der Waals surface area contributed by atoms with Crippen molar-refractivity contribution in [3.63, 3.8) is 0 Å². The van der Waals surface area contributed by atoms with Gasteiger partial charge in [-0.1, -0.05) is 24.4 Å². The van der Waals surface area contributed by atoms with Gasteiger partial charge in [-0.05, 0) is 25.0 Å². The number of methoxy groups -OCH3 is 1. The van der Waals surface area contributed by atoms with Gasteiger partial charge in [-0.25, -0.2) is 4.79 Å². The number of amides is 2. The van der Waals surface area contributed by atoms with Crippen LogP contribution in [0.15, 0.2) is 24.3 Å². The molecule has 1 fully saturated rings. The fourth-order valence-electron chi connectivity index (χ4n) is 2.24. The Morgan fingerprint density at radius 1 is 1.53 bits per heavy atom. The predicted molar refractivity (Wildman–Crippen MR) is 78.5 cm³/mol. The first-order chi connectivity index (χ1) is 9.13. The number of likely N-dealkylation sites (tertiary alicyclic amines) is 1. The van der Waals surface area contributed by atoms with E-state index in [4.69, 9.17) is 22.7 Å². The van der Waals surface area contributed by atoms with Gasteiger partial charge in [0.15, 0.2) is 0 Å². The average Bonchev–Trinajstić information content (AvgIpc) is 2.88. The molecule has 3 N–H and O–H groups in total. The van der Waals surface area contributed by atoms with Crippen molar-refractivity contribution < 1.29 is 9.53 Å². The van der Waals surface area contributed by atoms with Gasteiger partial charge < -0.3 is 20.7 Å². The van der Waals surface area contributed by atoms with E-state index in [2.05, 4.69) is 5.32 Å². The van der Waals surface area contributed by atoms with Crippen LogP contribution in [0.1, 0.15) is 12.8 Å². The summed E-state index contributed by atoms with van der Waals surface area (Å²) in [7, 11) is 1.57. The second-order valence-corrected chi connectivity index (χ2v) is 4.86. The molecule has 2 amide bonds. The molecular formula is C13H17N3O2S. The minimum atomic E-state index is -0.195. The molecule has 0 bridgehead atoms. The smallest absolute Gasteiger partial charge is 0.322 e. The molecule has 1 aromatic carbocycles. The van der Waals surface area contributed by atoms with Crippen molar-refractivity contribution in [2.75, 3.05) is 19.0 Å². The number of benzene rings is 1. The molecule has 1 aromatic rings. The van der Waals surface area contributed by atoms with Crippen LogP contribution in [-0.4, -0.2) is 35.6 Å². The summed E-state index contributed by atoms with van der Waals surface area (Å²) in [6.45, 7) is 0.670. The minimum Gasteiger partial charge on any atom is -0.495 e. The fraction of sp³-hybridized carbons (Fsp3) is 0.385. The number of rotatable bonds is 3. The molecular weight excluding hydrogens is 262 g/mol. The molecule has 0 aliphatic carbocycles. The molecule has 0 aromatic heterocycles. The SMILES string of the molecule is COc1ccccc1NC(=O)N1CCCC1C(N)=S. The molecule has 5 nitrogen and oxygen atoms in total. The van der Waals surface area contributed by atoms with E-state index in [1.165, 1.54) is 0 Å². The summed E-state index contributed by atoms with van der Waals surface area (Å²) in [6.07, 6.45) is 1.75. The van der Waals surface area contributed by atoms with E-state index in [0.717, 1.165) is 12.8 Å². The Bertz CT molecular complexity index is 493. The summed E-state index contributed by atoms with van der Waals surface area (Å²) in [6, 6.07) is 6.94. The number of carbonyl (C=O) groups is 1. The van der Waals surface area contributed by atoms with E-state index < -0.39 is 0 Å². The maximum Gasteiger partial charge on any atom is 0.322 e. The number of carbonyl (C=O) groups excluding carboxylic acids is 1. The minimum absolute atomic E-state index is 0.148. The molecule has 2 rings (SSSR count). The van der Waals surface area contributed by atoms with Crippen LogP contribution in [-0.2, 0) is 0 Å². The first-order valence-electron chi connectivity index (χ1n) is 6.13. The summed E-state index contributed by atoms with van der Waals surface area (Å²) in [5.74, 6) is 0.627. The highest BCUT2D eigenvalue weighted by atomic mass is 32.1. The number of hydrogen-bond acceptors (Lipinski definition) is 3. The van der Waals surface area contributed by atoms with E-state index in [-0.39, 0.29) is 12.1 Å². The molecule has 102 valence electrons. The summed E-state index contributed by atoms with van der Waals surface area (Å²) < 4.78 is 5.20. The van der Waals surface area contributed by atoms with Crippen molar-refractivity contribution in [3.05, 3.63) is 24.3 Å². The maximum atomic E-state index is 12.2. The molecule has 19 heavy (non-hydrogen) atoms. The first-order valence-corrected chi connectivity index (χ1v) is 6.54. The molecule has 1 atom stereocenters. The number of nitrogens with zero attached hydrogens (tertiary/aromatic N) is 1. The molecule has 0 saturated carbocycles. The Balaban J connectivity index is 2.10. The van der Waals surface area contributed by atoms with Gasteiger partial charge in [-0.2, -0.15) is 0 Å². The highest BCUT2D eigenvalue weighted by molar-refractivity contribution is 7.80. The number of thiocarbonyl (C=S) groups is 1. The van der Waals surface area contributed by atoms with Gasteiger partial charge >= 0.3 is 6.03 Å². The maximum absolute atomic E-state index is 12.2. The lowest BCUT2D eigenvalue weighted by atomic mass is 10.2. The zero-order valence-corrected chi connectivity index (χ0v) is 11.6. The molecule has 1 heterocycles. The third kappa shape index (κ3) is 2.96. The topological polar surface area (TPSA) is 67.6 Å². The van der Waals surface area contributed by atoms with Crippen LogP contribution in [0.25, 0.3) is 0 Å². The summed E-state index contributed by atoms with van der Waals surface area (Å²) in [5.41, 5.74) is 6.30. The third-order valence-electron chi connectivity index (χ3n) is 3.19. The van der Waals surface area contributed by atoms with Crippen molar-refractivity contribution in [2.45, 2.75) is 18.9 Å². The molecule has 6 heteroatoms. The number of para-hydroxylation sites is 2.